The summed E-state index contributed by atoms with van der Waals surface area (Å²) in [6.07, 6.45) is -11.2. The molecule has 2 aliphatic rings. The highest BCUT2D eigenvalue weighted by Gasteiger charge is 2.50. The zero-order valence-corrected chi connectivity index (χ0v) is 15.6. The van der Waals surface area contributed by atoms with Gasteiger partial charge in [-0.25, -0.2) is 0 Å². The van der Waals surface area contributed by atoms with Crippen LogP contribution in [-0.2, 0) is 9.47 Å². The molecule has 0 radical (unpaired) electrons. The van der Waals surface area contributed by atoms with Crippen molar-refractivity contribution in [3.63, 3.8) is 0 Å². The average molecular weight is 416 g/mol. The fraction of sp³-hybridized carbons (Fsp3) is 0.684. The molecule has 29 heavy (non-hydrogen) atoms. The van der Waals surface area contributed by atoms with Crippen LogP contribution in [0.2, 0.25) is 0 Å². The van der Waals surface area contributed by atoms with Gasteiger partial charge in [-0.05, 0) is 24.1 Å². The highest BCUT2D eigenvalue weighted by atomic mass is 16.7. The van der Waals surface area contributed by atoms with E-state index in [9.17, 15) is 40.9 Å². The summed E-state index contributed by atoms with van der Waals surface area (Å²) in [6.45, 7) is -1.02. The summed E-state index contributed by atoms with van der Waals surface area (Å²) < 4.78 is 10.9. The fourth-order valence-corrected chi connectivity index (χ4v) is 4.04. The second-order valence-electron chi connectivity index (χ2n) is 7.66. The van der Waals surface area contributed by atoms with Crippen molar-refractivity contribution >= 4 is 0 Å². The van der Waals surface area contributed by atoms with Crippen LogP contribution < -0.4 is 0 Å². The maximum absolute atomic E-state index is 10.9. The third-order valence-electron chi connectivity index (χ3n) is 5.82. The zero-order chi connectivity index (χ0) is 21.3. The summed E-state index contributed by atoms with van der Waals surface area (Å²) in [4.78, 5) is 0. The zero-order valence-electron chi connectivity index (χ0n) is 15.6. The van der Waals surface area contributed by atoms with Gasteiger partial charge in [-0.2, -0.15) is 0 Å². The Bertz CT molecular complexity index is 653. The van der Waals surface area contributed by atoms with Crippen LogP contribution in [0, 0.1) is 5.92 Å². The summed E-state index contributed by atoms with van der Waals surface area (Å²) in [6, 6.07) is 6.13. The number of hydrogen-bond acceptors (Lipinski definition) is 10. The number of phenolic OH excluding ortho intramolecular Hbond substituents is 1. The Kier molecular flexibility index (Phi) is 7.10. The minimum Gasteiger partial charge on any atom is -0.508 e. The Morgan fingerprint density at radius 2 is 1.48 bits per heavy atom. The lowest BCUT2D eigenvalue weighted by atomic mass is 9.73. The second-order valence-corrected chi connectivity index (χ2v) is 7.66. The molecule has 10 nitrogen and oxygen atoms in total. The number of rotatable bonds is 5. The van der Waals surface area contributed by atoms with E-state index in [1.165, 1.54) is 12.1 Å². The number of aliphatic hydroxyl groups excluding tert-OH is 7. The summed E-state index contributed by atoms with van der Waals surface area (Å²) in [7, 11) is 0. The van der Waals surface area contributed by atoms with Gasteiger partial charge in [0.25, 0.3) is 0 Å². The molecular weight excluding hydrogens is 388 g/mol. The largest absolute Gasteiger partial charge is 0.508 e. The summed E-state index contributed by atoms with van der Waals surface area (Å²) in [5.41, 5.74) is 0.656. The molecule has 1 heterocycles. The van der Waals surface area contributed by atoms with Crippen LogP contribution in [0.4, 0.5) is 0 Å². The average Bonchev–Trinajstić information content (AvgIpc) is 2.72. The molecule has 1 saturated carbocycles. The maximum Gasteiger partial charge on any atom is 0.187 e. The molecule has 0 bridgehead atoms. The van der Waals surface area contributed by atoms with Crippen molar-refractivity contribution in [1.29, 1.82) is 0 Å². The van der Waals surface area contributed by atoms with Crippen LogP contribution >= 0.6 is 0 Å². The SMILES string of the molecule is OC[C@H]1C[C@H](c2ccc(O)cc2)[C@@H](O)[C@@H](O[C@H]2O[C@H](CO)[C@@H](O)[C@H](O)[C@@H]2O)[C@@H]1O. The van der Waals surface area contributed by atoms with Crippen molar-refractivity contribution in [2.24, 2.45) is 5.92 Å². The van der Waals surface area contributed by atoms with Crippen molar-refractivity contribution in [2.75, 3.05) is 13.2 Å². The van der Waals surface area contributed by atoms with Gasteiger partial charge >= 0.3 is 0 Å². The molecule has 1 saturated heterocycles. The molecular formula is C19H28O10. The Hall–Kier alpha value is -1.34. The lowest BCUT2D eigenvalue weighted by molar-refractivity contribution is -0.329. The van der Waals surface area contributed by atoms with Gasteiger partial charge in [0.15, 0.2) is 6.29 Å². The monoisotopic (exact) mass is 416 g/mol. The first kappa shape index (κ1) is 22.3. The van der Waals surface area contributed by atoms with E-state index in [2.05, 4.69) is 0 Å². The minimum atomic E-state index is -1.69. The quantitative estimate of drug-likeness (QED) is 0.253. The van der Waals surface area contributed by atoms with Crippen LogP contribution in [0.1, 0.15) is 17.9 Å². The van der Waals surface area contributed by atoms with Crippen LogP contribution in [0.15, 0.2) is 24.3 Å². The van der Waals surface area contributed by atoms with Gasteiger partial charge in [0.1, 0.15) is 36.3 Å². The predicted molar refractivity (Wildman–Crippen MR) is 96.7 cm³/mol. The smallest absolute Gasteiger partial charge is 0.187 e. The van der Waals surface area contributed by atoms with E-state index in [-0.39, 0.29) is 18.8 Å². The van der Waals surface area contributed by atoms with E-state index in [1.54, 1.807) is 12.1 Å². The van der Waals surface area contributed by atoms with Gasteiger partial charge in [0.05, 0.1) is 18.8 Å². The van der Waals surface area contributed by atoms with Gasteiger partial charge < -0.3 is 50.3 Å². The standard InChI is InChI=1S/C19H28O10/c20-6-9-5-11(8-1-3-10(22)4-2-8)14(24)18(13(9)23)29-19-17(27)16(26)15(25)12(7-21)28-19/h1-4,9,11-27H,5-7H2/t9-,11-,12-,13-,14-,15-,16+,17+,18+,19-/m1/s1. The highest BCUT2D eigenvalue weighted by molar-refractivity contribution is 5.30. The number of ether oxygens (including phenoxy) is 2. The Morgan fingerprint density at radius 1 is 0.828 bits per heavy atom. The number of aliphatic hydroxyl groups is 7. The number of phenols is 1. The third-order valence-corrected chi connectivity index (χ3v) is 5.82. The van der Waals surface area contributed by atoms with Gasteiger partial charge in [0, 0.05) is 18.4 Å². The second kappa shape index (κ2) is 9.21. The predicted octanol–water partition coefficient (Wildman–Crippen LogP) is -2.61. The number of aromatic hydroxyl groups is 1. The number of benzene rings is 1. The normalized spacial score (nSPS) is 43.3. The molecule has 10 heteroatoms. The van der Waals surface area contributed by atoms with Crippen LogP contribution in [-0.4, -0.2) is 103 Å². The van der Waals surface area contributed by atoms with E-state index in [4.69, 9.17) is 9.47 Å². The molecule has 3 rings (SSSR count). The first-order chi connectivity index (χ1) is 13.8. The van der Waals surface area contributed by atoms with E-state index in [0.717, 1.165) is 0 Å². The fourth-order valence-electron chi connectivity index (χ4n) is 4.04. The van der Waals surface area contributed by atoms with Crippen molar-refractivity contribution < 1.29 is 50.3 Å². The van der Waals surface area contributed by atoms with Gasteiger partial charge in [-0.1, -0.05) is 12.1 Å². The molecule has 1 aromatic rings. The van der Waals surface area contributed by atoms with E-state index < -0.39 is 67.5 Å². The maximum atomic E-state index is 10.9. The highest BCUT2D eigenvalue weighted by Crippen LogP contribution is 2.39. The summed E-state index contributed by atoms with van der Waals surface area (Å²) in [5.74, 6) is -1.15. The molecule has 0 unspecified atom stereocenters. The van der Waals surface area contributed by atoms with Crippen LogP contribution in [0.25, 0.3) is 0 Å². The molecule has 1 aliphatic carbocycles. The van der Waals surface area contributed by atoms with E-state index in [0.29, 0.717) is 5.56 Å². The molecule has 164 valence electrons. The molecule has 0 spiro atoms. The molecule has 1 aliphatic heterocycles. The summed E-state index contributed by atoms with van der Waals surface area (Å²) in [5, 5.41) is 79.9. The Morgan fingerprint density at radius 3 is 2.07 bits per heavy atom. The first-order valence-corrected chi connectivity index (χ1v) is 9.50. The van der Waals surface area contributed by atoms with Crippen molar-refractivity contribution in [2.45, 2.75) is 61.4 Å². The molecule has 1 aromatic carbocycles. The van der Waals surface area contributed by atoms with Crippen molar-refractivity contribution in [3.8, 4) is 5.75 Å². The van der Waals surface area contributed by atoms with Gasteiger partial charge in [-0.15, -0.1) is 0 Å². The Labute approximate surface area is 167 Å². The third kappa shape index (κ3) is 4.41. The summed E-state index contributed by atoms with van der Waals surface area (Å²) >= 11 is 0. The van der Waals surface area contributed by atoms with E-state index >= 15 is 0 Å². The lowest BCUT2D eigenvalue weighted by Crippen LogP contribution is -2.62. The van der Waals surface area contributed by atoms with E-state index in [1.807, 2.05) is 0 Å². The van der Waals surface area contributed by atoms with Crippen LogP contribution in [0.5, 0.6) is 5.75 Å². The number of hydrogen-bond donors (Lipinski definition) is 8. The molecule has 0 amide bonds. The molecule has 8 N–H and O–H groups in total. The molecule has 0 aromatic heterocycles. The van der Waals surface area contributed by atoms with Crippen LogP contribution in [0.3, 0.4) is 0 Å². The molecule has 2 fully saturated rings. The minimum absolute atomic E-state index is 0.0481. The van der Waals surface area contributed by atoms with Gasteiger partial charge in [-0.3, -0.25) is 0 Å². The molecule has 10 atom stereocenters. The topological polar surface area (TPSA) is 180 Å². The van der Waals surface area contributed by atoms with Crippen molar-refractivity contribution in [1.82, 2.24) is 0 Å². The Balaban J connectivity index is 1.82. The van der Waals surface area contributed by atoms with Crippen molar-refractivity contribution in [3.05, 3.63) is 29.8 Å². The lowest BCUT2D eigenvalue weighted by Gasteiger charge is -2.46. The van der Waals surface area contributed by atoms with Gasteiger partial charge in [0.2, 0.25) is 0 Å². The first-order valence-electron chi connectivity index (χ1n) is 9.50.